The molecule has 2 aromatic carbocycles. The Kier molecular flexibility index (Phi) is 6.68. The minimum atomic E-state index is -4.42. The van der Waals surface area contributed by atoms with Crippen LogP contribution in [-0.4, -0.2) is 56.0 Å². The molecule has 1 amide bonds. The van der Waals surface area contributed by atoms with Gasteiger partial charge in [0.25, 0.3) is 0 Å². The average Bonchev–Trinajstić information content (AvgIpc) is 2.78. The maximum atomic E-state index is 13.5. The molecule has 1 saturated heterocycles. The summed E-state index contributed by atoms with van der Waals surface area (Å²) in [6.45, 7) is 0.810. The SMILES string of the molecule is CN(CC(=O)N(C)C)C[C@H]1CC[C@@H]2[C@H](O1)c1cc(C(F)(F)F)ccc1N[C@H]2c1ccccc1. The first kappa shape index (κ1) is 23.6. The Morgan fingerprint density at radius 1 is 1.09 bits per heavy atom. The maximum Gasteiger partial charge on any atom is 0.416 e. The fraction of sp³-hybridized carbons (Fsp3) is 0.480. The molecule has 8 heteroatoms. The summed E-state index contributed by atoms with van der Waals surface area (Å²) in [4.78, 5) is 15.5. The quantitative estimate of drug-likeness (QED) is 0.700. The van der Waals surface area contributed by atoms with Crippen molar-refractivity contribution in [3.63, 3.8) is 0 Å². The van der Waals surface area contributed by atoms with E-state index in [0.29, 0.717) is 17.8 Å². The van der Waals surface area contributed by atoms with E-state index < -0.39 is 17.8 Å². The second kappa shape index (κ2) is 9.35. The van der Waals surface area contributed by atoms with Crippen molar-refractivity contribution in [2.45, 2.75) is 37.3 Å². The number of anilines is 1. The Bertz CT molecular complexity index is 981. The van der Waals surface area contributed by atoms with Crippen LogP contribution in [0.1, 0.15) is 41.7 Å². The number of nitrogens with one attached hydrogen (secondary N) is 1. The van der Waals surface area contributed by atoms with Crippen LogP contribution in [-0.2, 0) is 15.7 Å². The second-order valence-corrected chi connectivity index (χ2v) is 9.24. The van der Waals surface area contributed by atoms with E-state index in [2.05, 4.69) is 5.32 Å². The molecule has 2 aliphatic heterocycles. The van der Waals surface area contributed by atoms with Gasteiger partial charge in [-0.25, -0.2) is 0 Å². The Balaban J connectivity index is 1.61. The van der Waals surface area contributed by atoms with Crippen molar-refractivity contribution in [1.29, 1.82) is 0 Å². The largest absolute Gasteiger partial charge is 0.416 e. The second-order valence-electron chi connectivity index (χ2n) is 9.24. The number of likely N-dealkylation sites (N-methyl/N-ethyl adjacent to an activating group) is 2. The number of halogens is 3. The number of rotatable bonds is 5. The molecule has 1 N–H and O–H groups in total. The molecule has 2 heterocycles. The first-order valence-electron chi connectivity index (χ1n) is 11.2. The number of ether oxygens (including phenoxy) is 1. The molecular weight excluding hydrogens is 431 g/mol. The standard InChI is InChI=1S/C25H30F3N3O2/c1-30(2)22(32)15-31(3)14-18-10-11-19-23(16-7-5-4-6-8-16)29-21-12-9-17(25(26,27)28)13-20(21)24(19)33-18/h4-9,12-13,18-19,23-24,29H,10-11,14-15H2,1-3H3/t18-,19+,23+,24+/m1/s1. The number of fused-ring (bicyclic) bond motifs is 3. The number of carbonyl (C=O) groups is 1. The summed E-state index contributed by atoms with van der Waals surface area (Å²) in [6.07, 6.45) is -3.44. The molecule has 2 aromatic rings. The summed E-state index contributed by atoms with van der Waals surface area (Å²) >= 11 is 0. The van der Waals surface area contributed by atoms with Crippen molar-refractivity contribution in [3.8, 4) is 0 Å². The normalized spacial score (nSPS) is 24.6. The van der Waals surface area contributed by atoms with Gasteiger partial charge in [0.05, 0.1) is 30.4 Å². The Labute approximate surface area is 192 Å². The fourth-order valence-electron chi connectivity index (χ4n) is 4.84. The number of alkyl halides is 3. The van der Waals surface area contributed by atoms with Gasteiger partial charge < -0.3 is 15.0 Å². The fourth-order valence-corrected chi connectivity index (χ4v) is 4.84. The predicted molar refractivity (Wildman–Crippen MR) is 121 cm³/mol. The van der Waals surface area contributed by atoms with Gasteiger partial charge in [0, 0.05) is 37.8 Å². The topological polar surface area (TPSA) is 44.8 Å². The predicted octanol–water partition coefficient (Wildman–Crippen LogP) is 4.73. The molecular formula is C25H30F3N3O2. The summed E-state index contributed by atoms with van der Waals surface area (Å²) in [5.74, 6) is 0.00528. The lowest BCUT2D eigenvalue weighted by atomic mass is 9.76. The van der Waals surface area contributed by atoms with Gasteiger partial charge in [0.15, 0.2) is 0 Å². The number of benzene rings is 2. The zero-order valence-corrected chi connectivity index (χ0v) is 19.1. The van der Waals surface area contributed by atoms with Crippen LogP contribution in [0.25, 0.3) is 0 Å². The summed E-state index contributed by atoms with van der Waals surface area (Å²) in [5, 5.41) is 3.48. The van der Waals surface area contributed by atoms with E-state index in [1.54, 1.807) is 19.0 Å². The van der Waals surface area contributed by atoms with Gasteiger partial charge in [-0.1, -0.05) is 30.3 Å². The van der Waals surface area contributed by atoms with Crippen LogP contribution in [0.4, 0.5) is 18.9 Å². The van der Waals surface area contributed by atoms with Crippen molar-refractivity contribution in [2.75, 3.05) is 39.5 Å². The number of nitrogens with zero attached hydrogens (tertiary/aromatic N) is 2. The van der Waals surface area contributed by atoms with Gasteiger partial charge in [-0.05, 0) is 43.7 Å². The number of carbonyl (C=O) groups excluding carboxylic acids is 1. The lowest BCUT2D eigenvalue weighted by molar-refractivity contribution is -0.138. The highest BCUT2D eigenvalue weighted by Crippen LogP contribution is 2.51. The summed E-state index contributed by atoms with van der Waals surface area (Å²) in [7, 11) is 5.29. The highest BCUT2D eigenvalue weighted by molar-refractivity contribution is 5.77. The molecule has 0 spiro atoms. The summed E-state index contributed by atoms with van der Waals surface area (Å²) in [6, 6.07) is 13.8. The number of hydrogen-bond acceptors (Lipinski definition) is 4. The molecule has 1 fully saturated rings. The summed E-state index contributed by atoms with van der Waals surface area (Å²) < 4.78 is 46.8. The van der Waals surface area contributed by atoms with Crippen molar-refractivity contribution in [3.05, 3.63) is 65.2 Å². The highest BCUT2D eigenvalue weighted by Gasteiger charge is 2.43. The van der Waals surface area contributed by atoms with Crippen molar-refractivity contribution >= 4 is 11.6 Å². The van der Waals surface area contributed by atoms with E-state index in [4.69, 9.17) is 4.74 Å². The molecule has 178 valence electrons. The molecule has 0 radical (unpaired) electrons. The summed E-state index contributed by atoms with van der Waals surface area (Å²) in [5.41, 5.74) is 1.65. The van der Waals surface area contributed by atoms with Crippen molar-refractivity contribution in [2.24, 2.45) is 5.92 Å². The van der Waals surface area contributed by atoms with Crippen LogP contribution < -0.4 is 5.32 Å². The van der Waals surface area contributed by atoms with Crippen LogP contribution in [0, 0.1) is 5.92 Å². The average molecular weight is 462 g/mol. The zero-order valence-electron chi connectivity index (χ0n) is 19.1. The molecule has 0 bridgehead atoms. The molecule has 33 heavy (non-hydrogen) atoms. The molecule has 0 aromatic heterocycles. The van der Waals surface area contributed by atoms with E-state index in [1.807, 2.05) is 42.3 Å². The monoisotopic (exact) mass is 461 g/mol. The van der Waals surface area contributed by atoms with Crippen LogP contribution in [0.3, 0.4) is 0 Å². The molecule has 0 aliphatic carbocycles. The smallest absolute Gasteiger partial charge is 0.378 e. The van der Waals surface area contributed by atoms with Gasteiger partial charge in [-0.2, -0.15) is 13.2 Å². The maximum absolute atomic E-state index is 13.5. The van der Waals surface area contributed by atoms with Gasteiger partial charge in [0.1, 0.15) is 0 Å². The van der Waals surface area contributed by atoms with Crippen LogP contribution in [0.15, 0.2) is 48.5 Å². The number of amides is 1. The van der Waals surface area contributed by atoms with Crippen LogP contribution in [0.2, 0.25) is 0 Å². The minimum Gasteiger partial charge on any atom is -0.378 e. The van der Waals surface area contributed by atoms with Gasteiger partial charge >= 0.3 is 6.18 Å². The lowest BCUT2D eigenvalue weighted by Crippen LogP contribution is -2.44. The molecule has 0 saturated carbocycles. The Hall–Kier alpha value is -2.58. The van der Waals surface area contributed by atoms with E-state index in [-0.39, 0.29) is 30.5 Å². The molecule has 0 unspecified atom stereocenters. The molecule has 4 rings (SSSR count). The van der Waals surface area contributed by atoms with E-state index >= 15 is 0 Å². The van der Waals surface area contributed by atoms with Crippen molar-refractivity contribution in [1.82, 2.24) is 9.80 Å². The van der Waals surface area contributed by atoms with Crippen LogP contribution in [0.5, 0.6) is 0 Å². The lowest BCUT2D eigenvalue weighted by Gasteiger charge is -2.46. The molecule has 5 nitrogen and oxygen atoms in total. The first-order chi connectivity index (χ1) is 15.6. The molecule has 4 atom stereocenters. The molecule has 2 aliphatic rings. The third kappa shape index (κ3) is 5.17. The van der Waals surface area contributed by atoms with Gasteiger partial charge in [-0.15, -0.1) is 0 Å². The Morgan fingerprint density at radius 2 is 1.82 bits per heavy atom. The highest BCUT2D eigenvalue weighted by atomic mass is 19.4. The first-order valence-corrected chi connectivity index (χ1v) is 11.2. The van der Waals surface area contributed by atoms with E-state index in [1.165, 1.54) is 12.1 Å². The third-order valence-corrected chi connectivity index (χ3v) is 6.55. The van der Waals surface area contributed by atoms with E-state index in [9.17, 15) is 18.0 Å². The van der Waals surface area contributed by atoms with E-state index in [0.717, 1.165) is 24.5 Å². The minimum absolute atomic E-state index is 0.00245. The van der Waals surface area contributed by atoms with Crippen LogP contribution >= 0.6 is 0 Å². The number of hydrogen-bond donors (Lipinski definition) is 1. The van der Waals surface area contributed by atoms with Crippen molar-refractivity contribution < 1.29 is 22.7 Å². The van der Waals surface area contributed by atoms with Gasteiger partial charge in [-0.3, -0.25) is 9.69 Å². The van der Waals surface area contributed by atoms with Gasteiger partial charge in [0.2, 0.25) is 5.91 Å². The Morgan fingerprint density at radius 3 is 2.48 bits per heavy atom. The zero-order chi connectivity index (χ0) is 23.8. The third-order valence-electron chi connectivity index (χ3n) is 6.55.